The Morgan fingerprint density at radius 3 is 2.15 bits per heavy atom. The van der Waals surface area contributed by atoms with Gasteiger partial charge in [0.1, 0.15) is 6.61 Å². The molecule has 33 heavy (non-hydrogen) atoms. The van der Waals surface area contributed by atoms with Crippen molar-refractivity contribution in [2.45, 2.75) is 31.6 Å². The lowest BCUT2D eigenvalue weighted by Crippen LogP contribution is -2.30. The molecule has 0 spiro atoms. The molecule has 0 fully saturated rings. The van der Waals surface area contributed by atoms with Crippen molar-refractivity contribution in [3.8, 4) is 11.1 Å². The molecular weight excluding hydrogens is 424 g/mol. The lowest BCUT2D eigenvalue weighted by atomic mass is 9.98. The standard InChI is InChI=1S/C25H30N2O6/c28-23(26-13-6-5-11-24(29)30)12-15-32-16-14-27-25(31)33-17-22-20-9-3-1-7-18(20)19-8-2-4-10-21(19)22/h1-4,7-10,22H,5-6,11-17H2,(H,26,28)(H,27,31)(H,29,30). The van der Waals surface area contributed by atoms with Crippen LogP contribution in [0.1, 0.15) is 42.7 Å². The number of aliphatic carboxylic acids is 1. The van der Waals surface area contributed by atoms with Crippen LogP contribution in [0, 0.1) is 0 Å². The van der Waals surface area contributed by atoms with E-state index in [9.17, 15) is 14.4 Å². The highest BCUT2D eigenvalue weighted by molar-refractivity contribution is 5.79. The topological polar surface area (TPSA) is 114 Å². The maximum Gasteiger partial charge on any atom is 0.407 e. The Hall–Kier alpha value is -3.39. The minimum absolute atomic E-state index is 0.0158. The third-order valence-corrected chi connectivity index (χ3v) is 5.47. The van der Waals surface area contributed by atoms with Gasteiger partial charge in [0.05, 0.1) is 13.2 Å². The quantitative estimate of drug-likeness (QED) is 0.400. The van der Waals surface area contributed by atoms with E-state index in [1.165, 1.54) is 11.1 Å². The maximum absolute atomic E-state index is 12.1. The lowest BCUT2D eigenvalue weighted by molar-refractivity contribution is -0.137. The molecule has 8 nitrogen and oxygen atoms in total. The van der Waals surface area contributed by atoms with Gasteiger partial charge in [-0.1, -0.05) is 48.5 Å². The first kappa shape index (κ1) is 24.3. The van der Waals surface area contributed by atoms with E-state index < -0.39 is 12.1 Å². The molecule has 176 valence electrons. The smallest absolute Gasteiger partial charge is 0.407 e. The number of benzene rings is 2. The van der Waals surface area contributed by atoms with Crippen LogP contribution in [0.15, 0.2) is 48.5 Å². The molecule has 2 amide bonds. The van der Waals surface area contributed by atoms with E-state index in [0.29, 0.717) is 19.4 Å². The number of unbranched alkanes of at least 4 members (excludes halogenated alkanes) is 1. The first-order valence-electron chi connectivity index (χ1n) is 11.2. The Labute approximate surface area is 193 Å². The van der Waals surface area contributed by atoms with Crippen LogP contribution in [0.3, 0.4) is 0 Å². The number of ether oxygens (including phenoxy) is 2. The number of nitrogens with one attached hydrogen (secondary N) is 2. The molecule has 1 aliphatic rings. The highest BCUT2D eigenvalue weighted by Gasteiger charge is 2.28. The van der Waals surface area contributed by atoms with Crippen molar-refractivity contribution in [1.82, 2.24) is 10.6 Å². The molecule has 3 N–H and O–H groups in total. The molecule has 0 heterocycles. The zero-order chi connectivity index (χ0) is 23.5. The molecule has 0 atom stereocenters. The highest BCUT2D eigenvalue weighted by Crippen LogP contribution is 2.44. The van der Waals surface area contributed by atoms with Crippen molar-refractivity contribution >= 4 is 18.0 Å². The fourth-order valence-electron chi connectivity index (χ4n) is 3.86. The molecule has 2 aromatic carbocycles. The minimum Gasteiger partial charge on any atom is -0.481 e. The third kappa shape index (κ3) is 7.32. The van der Waals surface area contributed by atoms with E-state index in [0.717, 1.165) is 11.1 Å². The third-order valence-electron chi connectivity index (χ3n) is 5.47. The zero-order valence-corrected chi connectivity index (χ0v) is 18.5. The van der Waals surface area contributed by atoms with Crippen molar-refractivity contribution in [1.29, 1.82) is 0 Å². The monoisotopic (exact) mass is 454 g/mol. The summed E-state index contributed by atoms with van der Waals surface area (Å²) in [5.41, 5.74) is 4.68. The van der Waals surface area contributed by atoms with Crippen molar-refractivity contribution in [2.75, 3.05) is 32.9 Å². The van der Waals surface area contributed by atoms with Gasteiger partial charge in [0, 0.05) is 31.8 Å². The predicted molar refractivity (Wildman–Crippen MR) is 123 cm³/mol. The van der Waals surface area contributed by atoms with Crippen LogP contribution in [-0.2, 0) is 19.1 Å². The van der Waals surface area contributed by atoms with Gasteiger partial charge in [0.2, 0.25) is 5.91 Å². The second kappa shape index (κ2) is 12.6. The van der Waals surface area contributed by atoms with Crippen LogP contribution in [0.4, 0.5) is 4.79 Å². The molecule has 1 aliphatic carbocycles. The van der Waals surface area contributed by atoms with Gasteiger partial charge < -0.3 is 25.2 Å². The average molecular weight is 455 g/mol. The van der Waals surface area contributed by atoms with Crippen LogP contribution in [-0.4, -0.2) is 56.0 Å². The fourth-order valence-corrected chi connectivity index (χ4v) is 3.86. The first-order valence-corrected chi connectivity index (χ1v) is 11.2. The summed E-state index contributed by atoms with van der Waals surface area (Å²) in [6, 6.07) is 16.3. The minimum atomic E-state index is -0.832. The van der Waals surface area contributed by atoms with E-state index in [4.69, 9.17) is 14.6 Å². The summed E-state index contributed by atoms with van der Waals surface area (Å²) in [4.78, 5) is 34.2. The number of alkyl carbamates (subject to hydrolysis) is 1. The van der Waals surface area contributed by atoms with E-state index in [1.54, 1.807) is 0 Å². The summed E-state index contributed by atoms with van der Waals surface area (Å²) in [5, 5.41) is 13.9. The summed E-state index contributed by atoms with van der Waals surface area (Å²) >= 11 is 0. The number of carbonyl (C=O) groups is 3. The van der Waals surface area contributed by atoms with E-state index in [2.05, 4.69) is 34.9 Å². The van der Waals surface area contributed by atoms with Gasteiger partial charge in [0.25, 0.3) is 0 Å². The Morgan fingerprint density at radius 1 is 0.818 bits per heavy atom. The van der Waals surface area contributed by atoms with Crippen molar-refractivity contribution in [3.05, 3.63) is 59.7 Å². The summed E-state index contributed by atoms with van der Waals surface area (Å²) in [6.45, 7) is 1.51. The van der Waals surface area contributed by atoms with E-state index >= 15 is 0 Å². The predicted octanol–water partition coefficient (Wildman–Crippen LogP) is 3.30. The molecule has 0 saturated carbocycles. The van der Waals surface area contributed by atoms with Gasteiger partial charge >= 0.3 is 12.1 Å². The summed E-state index contributed by atoms with van der Waals surface area (Å²) in [7, 11) is 0. The number of hydrogen-bond donors (Lipinski definition) is 3. The number of carboxylic acids is 1. The molecule has 0 aliphatic heterocycles. The van der Waals surface area contributed by atoms with Gasteiger partial charge in [-0.2, -0.15) is 0 Å². The number of fused-ring (bicyclic) bond motifs is 3. The molecule has 8 heteroatoms. The largest absolute Gasteiger partial charge is 0.481 e. The molecule has 0 radical (unpaired) electrons. The molecule has 0 aromatic heterocycles. The Balaban J connectivity index is 1.27. The van der Waals surface area contributed by atoms with Crippen LogP contribution < -0.4 is 10.6 Å². The summed E-state index contributed by atoms with van der Waals surface area (Å²) in [6.07, 6.45) is 0.982. The van der Waals surface area contributed by atoms with Crippen LogP contribution in [0.25, 0.3) is 11.1 Å². The second-order valence-corrected chi connectivity index (χ2v) is 7.82. The van der Waals surface area contributed by atoms with Crippen LogP contribution >= 0.6 is 0 Å². The maximum atomic E-state index is 12.1. The summed E-state index contributed by atoms with van der Waals surface area (Å²) in [5.74, 6) is -0.960. The van der Waals surface area contributed by atoms with Crippen molar-refractivity contribution < 1.29 is 29.0 Å². The molecule has 0 unspecified atom stereocenters. The first-order chi connectivity index (χ1) is 16.1. The van der Waals surface area contributed by atoms with Crippen molar-refractivity contribution in [3.63, 3.8) is 0 Å². The molecule has 2 aromatic rings. The number of amides is 2. The highest BCUT2D eigenvalue weighted by atomic mass is 16.5. The molecule has 0 bridgehead atoms. The second-order valence-electron chi connectivity index (χ2n) is 7.82. The average Bonchev–Trinajstić information content (AvgIpc) is 3.13. The fraction of sp³-hybridized carbons (Fsp3) is 0.400. The van der Waals surface area contributed by atoms with Crippen molar-refractivity contribution in [2.24, 2.45) is 0 Å². The molecule has 0 saturated heterocycles. The number of carboxylic acid groups (broad SMARTS) is 1. The molecular formula is C25H30N2O6. The van der Waals surface area contributed by atoms with Crippen LogP contribution in [0.5, 0.6) is 0 Å². The number of hydrogen-bond acceptors (Lipinski definition) is 5. The van der Waals surface area contributed by atoms with Gasteiger partial charge in [0.15, 0.2) is 0 Å². The Kier molecular flexibility index (Phi) is 9.26. The molecule has 3 rings (SSSR count). The van der Waals surface area contributed by atoms with E-state index in [-0.39, 0.29) is 51.0 Å². The van der Waals surface area contributed by atoms with E-state index in [1.807, 2.05) is 24.3 Å². The Bertz CT molecular complexity index is 916. The van der Waals surface area contributed by atoms with Gasteiger partial charge in [-0.25, -0.2) is 4.79 Å². The zero-order valence-electron chi connectivity index (χ0n) is 18.5. The van der Waals surface area contributed by atoms with Gasteiger partial charge in [-0.15, -0.1) is 0 Å². The van der Waals surface area contributed by atoms with Crippen LogP contribution in [0.2, 0.25) is 0 Å². The van der Waals surface area contributed by atoms with Gasteiger partial charge in [-0.3, -0.25) is 9.59 Å². The normalized spacial score (nSPS) is 12.0. The SMILES string of the molecule is O=C(O)CCCCNC(=O)CCOCCNC(=O)OCC1c2ccccc2-c2ccccc21. The van der Waals surface area contributed by atoms with Gasteiger partial charge in [-0.05, 0) is 35.1 Å². The Morgan fingerprint density at radius 2 is 1.48 bits per heavy atom. The number of rotatable bonds is 13. The summed E-state index contributed by atoms with van der Waals surface area (Å²) < 4.78 is 10.8. The lowest BCUT2D eigenvalue weighted by Gasteiger charge is -2.14. The number of carbonyl (C=O) groups excluding carboxylic acids is 2.